The molecule has 100 heavy (non-hydrogen) atoms. The van der Waals surface area contributed by atoms with Crippen molar-refractivity contribution >= 4 is 50.6 Å². The van der Waals surface area contributed by atoms with Crippen LogP contribution in [0, 0.1) is 23.7 Å². The Balaban J connectivity index is 0.000000162. The van der Waals surface area contributed by atoms with E-state index in [4.69, 9.17) is 44.2 Å². The number of carbonyl (C=O) groups is 3. The molecule has 1 amide bonds. The van der Waals surface area contributed by atoms with Gasteiger partial charge in [-0.2, -0.15) is 15.3 Å². The van der Waals surface area contributed by atoms with Crippen molar-refractivity contribution in [2.75, 3.05) is 40.1 Å². The molecular weight excluding hydrogens is 1280 g/mol. The van der Waals surface area contributed by atoms with E-state index in [0.29, 0.717) is 123 Å². The Bertz CT molecular complexity index is 4610. The summed E-state index contributed by atoms with van der Waals surface area (Å²) >= 11 is 0. The van der Waals surface area contributed by atoms with E-state index in [2.05, 4.69) is 51.0 Å². The lowest BCUT2D eigenvalue weighted by molar-refractivity contribution is -0.137. The summed E-state index contributed by atoms with van der Waals surface area (Å²) in [7, 11) is 6.76. The summed E-state index contributed by atoms with van der Waals surface area (Å²) in [6.45, 7) is 12.4. The van der Waals surface area contributed by atoms with E-state index in [1.165, 1.54) is 7.11 Å². The molecule has 2 saturated carbocycles. The summed E-state index contributed by atoms with van der Waals surface area (Å²) in [5, 5.41) is 40.5. The average molecular weight is 1370 g/mol. The van der Waals surface area contributed by atoms with Crippen molar-refractivity contribution in [3.63, 3.8) is 0 Å². The second kappa shape index (κ2) is 32.7. The molecule has 10 aromatic rings. The average Bonchev–Trinajstić information content (AvgIpc) is 1.59. The molecule has 2 aliphatic rings. The van der Waals surface area contributed by atoms with Crippen LogP contribution >= 0.6 is 0 Å². The number of benzene rings is 4. The minimum atomic E-state index is -0.579. The first-order chi connectivity index (χ1) is 48.3. The Morgan fingerprint density at radius 1 is 0.510 bits per heavy atom. The maximum absolute atomic E-state index is 13.0. The zero-order chi connectivity index (χ0) is 71.5. The fraction of sp³-hybridized carbons (Fsp3) is 0.432. The third-order valence-electron chi connectivity index (χ3n) is 18.3. The lowest BCUT2D eigenvalue weighted by Gasteiger charge is -2.34. The highest BCUT2D eigenvalue weighted by Gasteiger charge is 2.36. The number of methoxy groups -OCH3 is 1. The number of amides is 1. The van der Waals surface area contributed by atoms with Gasteiger partial charge in [-0.05, 0) is 168 Å². The van der Waals surface area contributed by atoms with Gasteiger partial charge in [0, 0.05) is 33.0 Å². The van der Waals surface area contributed by atoms with Crippen LogP contribution in [-0.4, -0.2) is 132 Å². The molecule has 0 saturated heterocycles. The summed E-state index contributed by atoms with van der Waals surface area (Å²) < 4.78 is 27.6. The predicted molar refractivity (Wildman–Crippen MR) is 378 cm³/mol. The SMILES string of the molecule is CCCc1nn(C)c2c(=O)[nH]c(-c3cc(CC4CC(C(=O)CO)C4)ccc3OCC)nc12.CCCc1nn(C)c2c(=O)[nH]c(-c3cc(CC4CC(C(=O)NO)C4)ccc3OCC)nc12.CCCc1nn(C)c2c(=O)[nH]c(-c3cc(Cc4ccc(C(=O)CO)c(OC)c4)ccc3OCC)nc12. The minimum absolute atomic E-state index is 0.0184. The highest BCUT2D eigenvalue weighted by Crippen LogP contribution is 2.40. The normalized spacial score (nSPS) is 15.5. The molecule has 0 radical (unpaired) electrons. The van der Waals surface area contributed by atoms with Crippen molar-refractivity contribution in [1.29, 1.82) is 0 Å². The molecule has 2 fully saturated rings. The number of ether oxygens (including phenoxy) is 4. The minimum Gasteiger partial charge on any atom is -0.496 e. The Morgan fingerprint density at radius 3 is 1.24 bits per heavy atom. The van der Waals surface area contributed by atoms with Crippen LogP contribution in [0.15, 0.2) is 87.2 Å². The molecule has 0 atom stereocenters. The monoisotopic (exact) mass is 1370 g/mol. The fourth-order valence-electron chi connectivity index (χ4n) is 13.4. The van der Waals surface area contributed by atoms with Crippen LogP contribution in [0.4, 0.5) is 0 Å². The van der Waals surface area contributed by atoms with E-state index >= 15 is 0 Å². The second-order valence-corrected chi connectivity index (χ2v) is 25.5. The number of aliphatic hydroxyl groups is 2. The predicted octanol–water partition coefficient (Wildman–Crippen LogP) is 9.00. The van der Waals surface area contributed by atoms with Gasteiger partial charge in [0.05, 0.1) is 66.3 Å². The first kappa shape index (κ1) is 72.6. The van der Waals surface area contributed by atoms with Crippen molar-refractivity contribution in [3.05, 3.63) is 149 Å². The Kier molecular flexibility index (Phi) is 23.7. The number of hydrogen-bond donors (Lipinski definition) is 7. The molecule has 0 aliphatic heterocycles. The Morgan fingerprint density at radius 2 is 0.880 bits per heavy atom. The molecule has 528 valence electrons. The van der Waals surface area contributed by atoms with Crippen LogP contribution in [0.1, 0.15) is 136 Å². The van der Waals surface area contributed by atoms with E-state index in [0.717, 1.165) is 128 Å². The summed E-state index contributed by atoms with van der Waals surface area (Å²) in [6, 6.07) is 22.9. The molecule has 0 spiro atoms. The lowest BCUT2D eigenvalue weighted by Crippen LogP contribution is -2.38. The molecule has 4 aromatic carbocycles. The van der Waals surface area contributed by atoms with Gasteiger partial charge in [0.1, 0.15) is 70.2 Å². The highest BCUT2D eigenvalue weighted by molar-refractivity contribution is 5.99. The lowest BCUT2D eigenvalue weighted by atomic mass is 9.70. The summed E-state index contributed by atoms with van der Waals surface area (Å²) in [5.41, 5.74) is 13.3. The van der Waals surface area contributed by atoms with Gasteiger partial charge in [-0.1, -0.05) is 64.3 Å². The number of hydroxylamine groups is 1. The van der Waals surface area contributed by atoms with Crippen LogP contribution in [0.3, 0.4) is 0 Å². The zero-order valence-corrected chi connectivity index (χ0v) is 58.4. The standard InChI is InChI=1S/C27H30N4O5.C24H30N4O4.C23H29N5O4/c1-5-7-20-24-25(31(3)30-20)27(34)29-26(28-24)19-13-16(9-11-22(19)36-6-2)12-17-8-10-18(21(33)15-32)23(14-17)35-4;1-4-6-18-21-22(28(3)27-18)24(31)26-23(25-21)17-12-14(7-8-20(17)32-5-2)9-15-10-16(11-15)19(30)13-29;1-4-6-17-19-20(28(3)26-17)23(30)25-21(24-19)16-12-13(7-8-18(16)32-5-2)9-14-10-15(11-14)22(29)27-31/h8-11,13-14,32H,5-7,12,15H2,1-4H3,(H,28,29,34);7-8,12,15-16,29H,4-6,9-11,13H2,1-3H3,(H,25,26,31);7-8,12,14-15,31H,4-6,9-11H2,1-3H3,(H,27,29)(H,24,25,30). The smallest absolute Gasteiger partial charge is 0.277 e. The van der Waals surface area contributed by atoms with Crippen LogP contribution in [-0.2, 0) is 69.3 Å². The van der Waals surface area contributed by atoms with Gasteiger partial charge >= 0.3 is 0 Å². The number of ketones is 2. The Labute approximate surface area is 577 Å². The van der Waals surface area contributed by atoms with Crippen LogP contribution in [0.2, 0.25) is 0 Å². The van der Waals surface area contributed by atoms with E-state index in [1.54, 1.807) is 52.8 Å². The molecular formula is C74H89N13O13. The molecule has 7 N–H and O–H groups in total. The third kappa shape index (κ3) is 15.9. The Hall–Kier alpha value is -10.2. The van der Waals surface area contributed by atoms with E-state index in [9.17, 15) is 33.9 Å². The first-order valence-electron chi connectivity index (χ1n) is 34.3. The van der Waals surface area contributed by atoms with E-state index in [1.807, 2.05) is 81.4 Å². The molecule has 26 nitrogen and oxygen atoms in total. The summed E-state index contributed by atoms with van der Waals surface area (Å²) in [5.74, 6) is 3.56. The van der Waals surface area contributed by atoms with Gasteiger partial charge in [-0.15, -0.1) is 0 Å². The van der Waals surface area contributed by atoms with Gasteiger partial charge in [0.25, 0.3) is 16.7 Å². The van der Waals surface area contributed by atoms with Crippen LogP contribution < -0.4 is 41.1 Å². The number of aryl methyl sites for hydroxylation is 6. The number of aromatic nitrogens is 12. The molecule has 6 aromatic heterocycles. The van der Waals surface area contributed by atoms with Gasteiger partial charge in [-0.25, -0.2) is 20.4 Å². The largest absolute Gasteiger partial charge is 0.496 e. The van der Waals surface area contributed by atoms with Crippen molar-refractivity contribution in [1.82, 2.24) is 64.7 Å². The number of nitrogens with zero attached hydrogens (tertiary/aromatic N) is 9. The number of carbonyl (C=O) groups excluding carboxylic acids is 3. The van der Waals surface area contributed by atoms with Crippen molar-refractivity contribution in [3.8, 4) is 57.2 Å². The molecule has 12 rings (SSSR count). The molecule has 0 unspecified atom stereocenters. The number of aliphatic hydroxyl groups excluding tert-OH is 2. The maximum Gasteiger partial charge on any atom is 0.277 e. The van der Waals surface area contributed by atoms with E-state index in [-0.39, 0.29) is 46.8 Å². The number of hydrogen-bond acceptors (Lipinski definition) is 19. The van der Waals surface area contributed by atoms with Gasteiger partial charge < -0.3 is 44.1 Å². The van der Waals surface area contributed by atoms with Gasteiger partial charge in [0.2, 0.25) is 5.91 Å². The van der Waals surface area contributed by atoms with Gasteiger partial charge in [-0.3, -0.25) is 48.0 Å². The number of Topliss-reactive ketones (excluding diaryl/α,β-unsaturated/α-hetero) is 2. The molecule has 2 aliphatic carbocycles. The summed E-state index contributed by atoms with van der Waals surface area (Å²) in [6.07, 6.45) is 10.2. The fourth-order valence-corrected chi connectivity index (χ4v) is 13.4. The van der Waals surface area contributed by atoms with Crippen molar-refractivity contribution in [2.24, 2.45) is 44.8 Å². The summed E-state index contributed by atoms with van der Waals surface area (Å²) in [4.78, 5) is 97.0. The number of nitrogens with one attached hydrogen (secondary N) is 4. The second-order valence-electron chi connectivity index (χ2n) is 25.5. The zero-order valence-electron chi connectivity index (χ0n) is 58.4. The van der Waals surface area contributed by atoms with Crippen molar-refractivity contribution in [2.45, 2.75) is 125 Å². The van der Waals surface area contributed by atoms with Crippen LogP contribution in [0.5, 0.6) is 23.0 Å². The first-order valence-corrected chi connectivity index (χ1v) is 34.3. The molecule has 26 heteroatoms. The number of fused-ring (bicyclic) bond motifs is 3. The molecule has 0 bridgehead atoms. The molecule has 6 heterocycles. The quantitative estimate of drug-likeness (QED) is 0.0143. The van der Waals surface area contributed by atoms with Crippen LogP contribution in [0.25, 0.3) is 67.3 Å². The number of H-pyrrole nitrogens is 3. The van der Waals surface area contributed by atoms with Crippen molar-refractivity contribution < 1.29 is 48.8 Å². The highest BCUT2D eigenvalue weighted by atomic mass is 16.5. The topological polar surface area (TPSA) is 352 Å². The van der Waals surface area contributed by atoms with Gasteiger partial charge in [0.15, 0.2) is 28.1 Å². The maximum atomic E-state index is 13.0. The third-order valence-corrected chi connectivity index (χ3v) is 18.3. The van der Waals surface area contributed by atoms with E-state index < -0.39 is 12.4 Å². The number of rotatable bonds is 27. The number of aromatic amines is 3.